The van der Waals surface area contributed by atoms with E-state index in [2.05, 4.69) is 17.1 Å². The predicted octanol–water partition coefficient (Wildman–Crippen LogP) is 3.04. The highest BCUT2D eigenvalue weighted by Gasteiger charge is 2.26. The number of sulfonamides is 1. The quantitative estimate of drug-likeness (QED) is 0.538. The molecule has 8 heteroatoms. The third-order valence-corrected chi connectivity index (χ3v) is 8.57. The van der Waals surface area contributed by atoms with Crippen molar-refractivity contribution in [3.05, 3.63) is 23.8 Å². The number of carbonyl (C=O) groups excluding carboxylic acids is 1. The number of aryl methyl sites for hydroxylation is 1. The molecule has 32 heavy (non-hydrogen) atoms. The minimum atomic E-state index is -3.51. The number of hydrogen-bond acceptors (Lipinski definition) is 5. The molecule has 0 spiro atoms. The number of nitrogens with zero attached hydrogens (tertiary/aromatic N) is 2. The van der Waals surface area contributed by atoms with Crippen LogP contribution in [0.3, 0.4) is 0 Å². The van der Waals surface area contributed by atoms with Crippen LogP contribution in [0.15, 0.2) is 23.1 Å². The Kier molecular flexibility index (Phi) is 9.37. The van der Waals surface area contributed by atoms with Crippen LogP contribution in [0, 0.1) is 5.92 Å². The summed E-state index contributed by atoms with van der Waals surface area (Å²) >= 11 is 0. The standard InChI is InChI=1S/C24H39N3O4S/c1-20-11-17-26(18-12-20)14-6-13-25-24(28)10-7-21-19-22(8-9-23(21)31-2)32(29,30)27-15-4-3-5-16-27/h8-9,19-20H,3-7,10-18H2,1-2H3,(H,25,28). The fraction of sp³-hybridized carbons (Fsp3) is 0.708. The zero-order chi connectivity index (χ0) is 23.0. The van der Waals surface area contributed by atoms with Gasteiger partial charge in [-0.05, 0) is 87.8 Å². The minimum Gasteiger partial charge on any atom is -0.496 e. The summed E-state index contributed by atoms with van der Waals surface area (Å²) in [6.45, 7) is 7.47. The number of rotatable bonds is 10. The van der Waals surface area contributed by atoms with Crippen molar-refractivity contribution >= 4 is 15.9 Å². The van der Waals surface area contributed by atoms with Crippen molar-refractivity contribution in [3.63, 3.8) is 0 Å². The first-order valence-electron chi connectivity index (χ1n) is 12.1. The summed E-state index contributed by atoms with van der Waals surface area (Å²) in [5.41, 5.74) is 0.753. The van der Waals surface area contributed by atoms with Crippen LogP contribution in [0.1, 0.15) is 57.4 Å². The van der Waals surface area contributed by atoms with Crippen LogP contribution in [0.25, 0.3) is 0 Å². The highest BCUT2D eigenvalue weighted by molar-refractivity contribution is 7.89. The molecule has 0 unspecified atom stereocenters. The van der Waals surface area contributed by atoms with Crippen molar-refractivity contribution in [1.82, 2.24) is 14.5 Å². The maximum Gasteiger partial charge on any atom is 0.243 e. The number of piperidine rings is 2. The molecular formula is C24H39N3O4S. The van der Waals surface area contributed by atoms with E-state index in [1.54, 1.807) is 29.6 Å². The molecule has 1 amide bonds. The lowest BCUT2D eigenvalue weighted by molar-refractivity contribution is -0.121. The smallest absolute Gasteiger partial charge is 0.243 e. The molecule has 0 saturated carbocycles. The van der Waals surface area contributed by atoms with Crippen molar-refractivity contribution < 1.29 is 17.9 Å². The van der Waals surface area contributed by atoms with Gasteiger partial charge < -0.3 is 15.0 Å². The van der Waals surface area contributed by atoms with E-state index >= 15 is 0 Å². The molecule has 1 aromatic carbocycles. The molecule has 2 aliphatic rings. The second-order valence-corrected chi connectivity index (χ2v) is 11.1. The monoisotopic (exact) mass is 465 g/mol. The van der Waals surface area contributed by atoms with Crippen molar-refractivity contribution in [3.8, 4) is 5.75 Å². The molecule has 2 aliphatic heterocycles. The lowest BCUT2D eigenvalue weighted by atomic mass is 9.99. The van der Waals surface area contributed by atoms with Gasteiger partial charge in [-0.1, -0.05) is 13.3 Å². The summed E-state index contributed by atoms with van der Waals surface area (Å²) in [4.78, 5) is 15.1. The van der Waals surface area contributed by atoms with Gasteiger partial charge >= 0.3 is 0 Å². The second kappa shape index (κ2) is 12.0. The number of benzene rings is 1. The van der Waals surface area contributed by atoms with Crippen LogP contribution in [0.5, 0.6) is 5.75 Å². The van der Waals surface area contributed by atoms with Crippen LogP contribution in [-0.2, 0) is 21.2 Å². The number of ether oxygens (including phenoxy) is 1. The number of amides is 1. The summed E-state index contributed by atoms with van der Waals surface area (Å²) in [6.07, 6.45) is 7.12. The Labute approximate surface area is 193 Å². The van der Waals surface area contributed by atoms with E-state index in [0.717, 1.165) is 56.8 Å². The molecule has 0 aliphatic carbocycles. The maximum atomic E-state index is 13.0. The van der Waals surface area contributed by atoms with E-state index in [1.807, 2.05) is 0 Å². The Morgan fingerprint density at radius 2 is 1.84 bits per heavy atom. The second-order valence-electron chi connectivity index (χ2n) is 9.17. The highest BCUT2D eigenvalue weighted by Crippen LogP contribution is 2.27. The molecule has 1 N–H and O–H groups in total. The van der Waals surface area contributed by atoms with E-state index in [1.165, 1.54) is 12.8 Å². The topological polar surface area (TPSA) is 79.0 Å². The number of nitrogens with one attached hydrogen (secondary N) is 1. The van der Waals surface area contributed by atoms with Gasteiger partial charge in [-0.25, -0.2) is 8.42 Å². The van der Waals surface area contributed by atoms with Crippen molar-refractivity contribution in [2.24, 2.45) is 5.92 Å². The van der Waals surface area contributed by atoms with Crippen LogP contribution in [0.2, 0.25) is 0 Å². The van der Waals surface area contributed by atoms with Crippen LogP contribution in [0.4, 0.5) is 0 Å². The SMILES string of the molecule is COc1ccc(S(=O)(=O)N2CCCCC2)cc1CCC(=O)NCCCN1CCC(C)CC1. The molecule has 180 valence electrons. The van der Waals surface area contributed by atoms with E-state index in [-0.39, 0.29) is 10.8 Å². The average molecular weight is 466 g/mol. The highest BCUT2D eigenvalue weighted by atomic mass is 32.2. The molecule has 7 nitrogen and oxygen atoms in total. The first-order valence-corrected chi connectivity index (χ1v) is 13.5. The van der Waals surface area contributed by atoms with Gasteiger partial charge in [0.1, 0.15) is 5.75 Å². The third-order valence-electron chi connectivity index (χ3n) is 6.68. The van der Waals surface area contributed by atoms with Gasteiger partial charge in [-0.15, -0.1) is 0 Å². The van der Waals surface area contributed by atoms with Gasteiger partial charge in [0, 0.05) is 26.1 Å². The number of carbonyl (C=O) groups is 1. The molecule has 1 aromatic rings. The van der Waals surface area contributed by atoms with E-state index in [0.29, 0.717) is 38.2 Å². The number of likely N-dealkylation sites (tertiary alicyclic amines) is 1. The molecule has 0 atom stereocenters. The lowest BCUT2D eigenvalue weighted by Crippen LogP contribution is -2.35. The van der Waals surface area contributed by atoms with Crippen LogP contribution >= 0.6 is 0 Å². The Morgan fingerprint density at radius 1 is 1.12 bits per heavy atom. The van der Waals surface area contributed by atoms with E-state index in [9.17, 15) is 13.2 Å². The van der Waals surface area contributed by atoms with E-state index < -0.39 is 10.0 Å². The van der Waals surface area contributed by atoms with E-state index in [4.69, 9.17) is 4.74 Å². The largest absolute Gasteiger partial charge is 0.496 e. The molecule has 0 bridgehead atoms. The summed E-state index contributed by atoms with van der Waals surface area (Å²) in [5.74, 6) is 1.44. The van der Waals surface area contributed by atoms with Gasteiger partial charge in [0.2, 0.25) is 15.9 Å². The fourth-order valence-electron chi connectivity index (χ4n) is 4.52. The number of methoxy groups -OCH3 is 1. The third kappa shape index (κ3) is 6.93. The predicted molar refractivity (Wildman–Crippen MR) is 126 cm³/mol. The first kappa shape index (κ1) is 25.0. The zero-order valence-corrected chi connectivity index (χ0v) is 20.5. The maximum absolute atomic E-state index is 13.0. The van der Waals surface area contributed by atoms with Gasteiger partial charge in [-0.2, -0.15) is 4.31 Å². The first-order chi connectivity index (χ1) is 15.4. The summed E-state index contributed by atoms with van der Waals surface area (Å²) in [7, 11) is -1.94. The molecule has 0 radical (unpaired) electrons. The molecule has 2 saturated heterocycles. The minimum absolute atomic E-state index is 0.0105. The Morgan fingerprint density at radius 3 is 2.53 bits per heavy atom. The van der Waals surface area contributed by atoms with Crippen LogP contribution < -0.4 is 10.1 Å². The Hall–Kier alpha value is -1.64. The van der Waals surface area contributed by atoms with Crippen molar-refractivity contribution in [2.75, 3.05) is 46.4 Å². The molecule has 2 fully saturated rings. The Bertz CT molecular complexity index is 845. The zero-order valence-electron chi connectivity index (χ0n) is 19.6. The van der Waals surface area contributed by atoms with Gasteiger partial charge in [0.25, 0.3) is 0 Å². The van der Waals surface area contributed by atoms with Crippen molar-refractivity contribution in [1.29, 1.82) is 0 Å². The average Bonchev–Trinajstić information content (AvgIpc) is 2.82. The summed E-state index contributed by atoms with van der Waals surface area (Å²) in [5, 5.41) is 3.00. The van der Waals surface area contributed by atoms with Crippen LogP contribution in [-0.4, -0.2) is 69.9 Å². The molecular weight excluding hydrogens is 426 g/mol. The molecule has 3 rings (SSSR count). The molecule has 2 heterocycles. The van der Waals surface area contributed by atoms with Gasteiger partial charge in [0.05, 0.1) is 12.0 Å². The van der Waals surface area contributed by atoms with Gasteiger partial charge in [0.15, 0.2) is 0 Å². The van der Waals surface area contributed by atoms with Gasteiger partial charge in [-0.3, -0.25) is 4.79 Å². The Balaban J connectivity index is 1.49. The normalized spacial score (nSPS) is 19.1. The fourth-order valence-corrected chi connectivity index (χ4v) is 6.09. The summed E-state index contributed by atoms with van der Waals surface area (Å²) < 4.78 is 33.0. The molecule has 0 aromatic heterocycles. The summed E-state index contributed by atoms with van der Waals surface area (Å²) in [6, 6.07) is 4.98. The van der Waals surface area contributed by atoms with Crippen molar-refractivity contribution in [2.45, 2.75) is 63.2 Å². The lowest BCUT2D eigenvalue weighted by Gasteiger charge is -2.30. The number of hydrogen-bond donors (Lipinski definition) is 1.